The molecule has 0 aliphatic heterocycles. The first-order valence-electron chi connectivity index (χ1n) is 8.96. The van der Waals surface area contributed by atoms with Crippen molar-refractivity contribution in [2.75, 3.05) is 25.1 Å². The summed E-state index contributed by atoms with van der Waals surface area (Å²) in [4.78, 5) is 12.9. The average molecular weight is 341 g/mol. The second-order valence-corrected chi connectivity index (χ2v) is 6.27. The number of ether oxygens (including phenoxy) is 1. The Morgan fingerprint density at radius 2 is 1.92 bits per heavy atom. The van der Waals surface area contributed by atoms with Gasteiger partial charge in [0, 0.05) is 24.3 Å². The maximum absolute atomic E-state index is 12.9. The SMILES string of the molecule is CCOCCC[NH2+][C@@H](C(=O)Nc1cc(C)ccc1C)c1ccccc1. The molecular weight excluding hydrogens is 312 g/mol. The molecule has 0 saturated carbocycles. The third-order valence-electron chi connectivity index (χ3n) is 4.19. The Kier molecular flexibility index (Phi) is 7.64. The van der Waals surface area contributed by atoms with Crippen molar-refractivity contribution in [2.24, 2.45) is 0 Å². The van der Waals surface area contributed by atoms with Gasteiger partial charge in [-0.15, -0.1) is 0 Å². The number of amides is 1. The number of rotatable bonds is 9. The zero-order valence-corrected chi connectivity index (χ0v) is 15.4. The Balaban J connectivity index is 2.08. The highest BCUT2D eigenvalue weighted by atomic mass is 16.5. The van der Waals surface area contributed by atoms with E-state index < -0.39 is 0 Å². The van der Waals surface area contributed by atoms with E-state index in [1.165, 1.54) is 0 Å². The van der Waals surface area contributed by atoms with Crippen LogP contribution < -0.4 is 10.6 Å². The fraction of sp³-hybridized carbons (Fsp3) is 0.381. The zero-order valence-electron chi connectivity index (χ0n) is 15.4. The summed E-state index contributed by atoms with van der Waals surface area (Å²) in [6, 6.07) is 15.8. The summed E-state index contributed by atoms with van der Waals surface area (Å²) in [5.74, 6) is 0.0105. The van der Waals surface area contributed by atoms with Crippen molar-refractivity contribution in [3.63, 3.8) is 0 Å². The van der Waals surface area contributed by atoms with Gasteiger partial charge in [-0.05, 0) is 38.0 Å². The summed E-state index contributed by atoms with van der Waals surface area (Å²) in [5.41, 5.74) is 4.11. The summed E-state index contributed by atoms with van der Waals surface area (Å²) < 4.78 is 5.39. The number of nitrogens with one attached hydrogen (secondary N) is 1. The number of benzene rings is 2. The fourth-order valence-electron chi connectivity index (χ4n) is 2.75. The van der Waals surface area contributed by atoms with E-state index in [1.54, 1.807) is 0 Å². The molecule has 0 aliphatic rings. The Hall–Kier alpha value is -2.17. The second kappa shape index (κ2) is 9.97. The number of nitrogens with two attached hydrogens (primary N) is 1. The molecular formula is C21H29N2O2+. The Bertz CT molecular complexity index is 671. The molecule has 0 radical (unpaired) electrons. The first kappa shape index (κ1) is 19.2. The largest absolute Gasteiger partial charge is 0.382 e. The van der Waals surface area contributed by atoms with E-state index in [-0.39, 0.29) is 11.9 Å². The summed E-state index contributed by atoms with van der Waals surface area (Å²) >= 11 is 0. The van der Waals surface area contributed by atoms with Gasteiger partial charge in [0.1, 0.15) is 0 Å². The lowest BCUT2D eigenvalue weighted by Crippen LogP contribution is -2.87. The maximum atomic E-state index is 12.9. The van der Waals surface area contributed by atoms with Crippen molar-refractivity contribution in [1.82, 2.24) is 0 Å². The van der Waals surface area contributed by atoms with Crippen molar-refractivity contribution in [3.8, 4) is 0 Å². The quantitative estimate of drug-likeness (QED) is 0.689. The van der Waals surface area contributed by atoms with Crippen molar-refractivity contribution in [3.05, 3.63) is 65.2 Å². The number of quaternary nitrogens is 1. The van der Waals surface area contributed by atoms with Crippen LogP contribution in [0.1, 0.15) is 36.1 Å². The smallest absolute Gasteiger partial charge is 0.287 e. The predicted octanol–water partition coefficient (Wildman–Crippen LogP) is 2.97. The van der Waals surface area contributed by atoms with Gasteiger partial charge in [-0.2, -0.15) is 0 Å². The third kappa shape index (κ3) is 6.00. The Labute approximate surface area is 150 Å². The molecule has 0 unspecified atom stereocenters. The van der Waals surface area contributed by atoms with Crippen molar-refractivity contribution in [1.29, 1.82) is 0 Å². The summed E-state index contributed by atoms with van der Waals surface area (Å²) in [6.07, 6.45) is 0.925. The van der Waals surface area contributed by atoms with Crippen LogP contribution in [0.2, 0.25) is 0 Å². The highest BCUT2D eigenvalue weighted by molar-refractivity contribution is 5.95. The minimum absolute atomic E-state index is 0.0105. The van der Waals surface area contributed by atoms with Crippen molar-refractivity contribution < 1.29 is 14.8 Å². The number of aryl methyl sites for hydroxylation is 2. The molecule has 134 valence electrons. The molecule has 2 aromatic carbocycles. The molecule has 2 rings (SSSR count). The maximum Gasteiger partial charge on any atom is 0.287 e. The zero-order chi connectivity index (χ0) is 18.1. The fourth-order valence-corrected chi connectivity index (χ4v) is 2.75. The average Bonchev–Trinajstić information content (AvgIpc) is 2.62. The van der Waals surface area contributed by atoms with Gasteiger partial charge < -0.3 is 15.4 Å². The second-order valence-electron chi connectivity index (χ2n) is 6.27. The lowest BCUT2D eigenvalue weighted by atomic mass is 10.0. The van der Waals surface area contributed by atoms with Crippen LogP contribution in [-0.4, -0.2) is 25.7 Å². The number of anilines is 1. The minimum Gasteiger partial charge on any atom is -0.382 e. The van der Waals surface area contributed by atoms with Crippen LogP contribution in [0, 0.1) is 13.8 Å². The third-order valence-corrected chi connectivity index (χ3v) is 4.19. The molecule has 0 heterocycles. The van der Waals surface area contributed by atoms with Gasteiger partial charge in [0.15, 0.2) is 6.04 Å². The normalized spacial score (nSPS) is 12.0. The number of carbonyl (C=O) groups is 1. The van der Waals surface area contributed by atoms with Crippen LogP contribution in [0.3, 0.4) is 0 Å². The van der Waals surface area contributed by atoms with Gasteiger partial charge in [-0.3, -0.25) is 4.79 Å². The molecule has 1 atom stereocenters. The molecule has 0 saturated heterocycles. The predicted molar refractivity (Wildman–Crippen MR) is 102 cm³/mol. The molecule has 2 aromatic rings. The highest BCUT2D eigenvalue weighted by Gasteiger charge is 2.24. The van der Waals surface area contributed by atoms with E-state index >= 15 is 0 Å². The van der Waals surface area contributed by atoms with Gasteiger partial charge in [0.2, 0.25) is 0 Å². The van der Waals surface area contributed by atoms with Crippen LogP contribution >= 0.6 is 0 Å². The summed E-state index contributed by atoms with van der Waals surface area (Å²) in [5, 5.41) is 5.19. The highest BCUT2D eigenvalue weighted by Crippen LogP contribution is 2.18. The summed E-state index contributed by atoms with van der Waals surface area (Å²) in [7, 11) is 0. The molecule has 0 aliphatic carbocycles. The van der Waals surface area contributed by atoms with E-state index in [4.69, 9.17) is 4.74 Å². The van der Waals surface area contributed by atoms with E-state index in [0.29, 0.717) is 0 Å². The molecule has 0 bridgehead atoms. The van der Waals surface area contributed by atoms with Crippen molar-refractivity contribution in [2.45, 2.75) is 33.2 Å². The Morgan fingerprint density at radius 1 is 1.16 bits per heavy atom. The molecule has 0 aromatic heterocycles. The number of carbonyl (C=O) groups excluding carboxylic acids is 1. The lowest BCUT2D eigenvalue weighted by molar-refractivity contribution is -0.682. The van der Waals surface area contributed by atoms with Crippen molar-refractivity contribution >= 4 is 11.6 Å². The molecule has 4 nitrogen and oxygen atoms in total. The molecule has 0 fully saturated rings. The van der Waals surface area contributed by atoms with Gasteiger partial charge in [-0.1, -0.05) is 42.5 Å². The standard InChI is InChI=1S/C21H28N2O2/c1-4-25-14-8-13-22-20(18-9-6-5-7-10-18)21(24)23-19-15-16(2)11-12-17(19)3/h5-7,9-12,15,20,22H,4,8,13-14H2,1-3H3,(H,23,24)/p+1/t20-/m1/s1. The van der Waals surface area contributed by atoms with E-state index in [0.717, 1.165) is 48.6 Å². The van der Waals surface area contributed by atoms with E-state index in [1.807, 2.05) is 63.2 Å². The van der Waals surface area contributed by atoms with E-state index in [9.17, 15) is 4.79 Å². The van der Waals surface area contributed by atoms with Gasteiger partial charge in [0.25, 0.3) is 5.91 Å². The Morgan fingerprint density at radius 3 is 2.64 bits per heavy atom. The summed E-state index contributed by atoms with van der Waals surface area (Å²) in [6.45, 7) is 8.35. The number of hydrogen-bond donors (Lipinski definition) is 2. The van der Waals surface area contributed by atoms with Crippen LogP contribution in [0.5, 0.6) is 0 Å². The molecule has 4 heteroatoms. The first-order valence-corrected chi connectivity index (χ1v) is 8.96. The van der Waals surface area contributed by atoms with Crippen LogP contribution in [0.15, 0.2) is 48.5 Å². The molecule has 3 N–H and O–H groups in total. The van der Waals surface area contributed by atoms with Crippen LogP contribution in [-0.2, 0) is 9.53 Å². The van der Waals surface area contributed by atoms with Gasteiger partial charge >= 0.3 is 0 Å². The molecule has 1 amide bonds. The molecule has 0 spiro atoms. The number of hydrogen-bond acceptors (Lipinski definition) is 2. The molecule has 25 heavy (non-hydrogen) atoms. The lowest BCUT2D eigenvalue weighted by Gasteiger charge is -2.17. The minimum atomic E-state index is -0.261. The van der Waals surface area contributed by atoms with Gasteiger partial charge in [0.05, 0.1) is 13.2 Å². The topological polar surface area (TPSA) is 54.9 Å². The monoisotopic (exact) mass is 341 g/mol. The van der Waals surface area contributed by atoms with E-state index in [2.05, 4.69) is 16.7 Å². The first-order chi connectivity index (χ1) is 12.1. The van der Waals surface area contributed by atoms with Crippen LogP contribution in [0.25, 0.3) is 0 Å². The van der Waals surface area contributed by atoms with Gasteiger partial charge in [-0.25, -0.2) is 0 Å². The van der Waals surface area contributed by atoms with Crippen LogP contribution in [0.4, 0.5) is 5.69 Å².